The van der Waals surface area contributed by atoms with E-state index in [0.29, 0.717) is 0 Å². The largest absolute Gasteiger partial charge is 0.494 e. The maximum Gasteiger partial charge on any atom is 0.119 e. The highest BCUT2D eigenvalue weighted by molar-refractivity contribution is 7.09. The molecule has 114 valence electrons. The van der Waals surface area contributed by atoms with E-state index in [4.69, 9.17) is 15.5 Å². The molecule has 0 fully saturated rings. The molecule has 21 heavy (non-hydrogen) atoms. The molecule has 1 unspecified atom stereocenters. The van der Waals surface area contributed by atoms with E-state index in [0.717, 1.165) is 35.0 Å². The zero-order valence-electron chi connectivity index (χ0n) is 13.2. The summed E-state index contributed by atoms with van der Waals surface area (Å²) < 4.78 is 5.59. The molecule has 0 saturated carbocycles. The zero-order valence-corrected chi connectivity index (χ0v) is 14.0. The van der Waals surface area contributed by atoms with Gasteiger partial charge in [0.25, 0.3) is 0 Å². The first-order valence-corrected chi connectivity index (χ1v) is 8.24. The fourth-order valence-corrected chi connectivity index (χ4v) is 2.98. The maximum absolute atomic E-state index is 6.33. The van der Waals surface area contributed by atoms with Gasteiger partial charge in [0.1, 0.15) is 10.8 Å². The van der Waals surface area contributed by atoms with Crippen molar-refractivity contribution in [2.45, 2.75) is 45.6 Å². The Morgan fingerprint density at radius 1 is 1.24 bits per heavy atom. The first kappa shape index (κ1) is 16.0. The van der Waals surface area contributed by atoms with E-state index in [1.54, 1.807) is 11.3 Å². The summed E-state index contributed by atoms with van der Waals surface area (Å²) in [6.07, 6.45) is 1.01. The van der Waals surface area contributed by atoms with Gasteiger partial charge in [0.2, 0.25) is 0 Å². The van der Waals surface area contributed by atoms with Crippen molar-refractivity contribution in [3.05, 3.63) is 45.9 Å². The first-order chi connectivity index (χ1) is 9.91. The van der Waals surface area contributed by atoms with Crippen molar-refractivity contribution in [1.82, 2.24) is 4.98 Å². The van der Waals surface area contributed by atoms with E-state index in [-0.39, 0.29) is 11.5 Å². The molecule has 0 radical (unpaired) electrons. The molecule has 1 aromatic carbocycles. The number of ether oxygens (including phenoxy) is 1. The van der Waals surface area contributed by atoms with E-state index in [9.17, 15) is 0 Å². The van der Waals surface area contributed by atoms with Crippen molar-refractivity contribution >= 4 is 11.3 Å². The van der Waals surface area contributed by atoms with Gasteiger partial charge in [-0.05, 0) is 24.1 Å². The van der Waals surface area contributed by atoms with Gasteiger partial charge in [-0.2, -0.15) is 0 Å². The smallest absolute Gasteiger partial charge is 0.119 e. The molecule has 1 atom stereocenters. The van der Waals surface area contributed by atoms with E-state index in [1.807, 2.05) is 24.3 Å². The zero-order chi connectivity index (χ0) is 15.5. The SMILES string of the molecule is CCCOc1ccc(C(N)c2nc(C(C)(C)C)cs2)cc1. The summed E-state index contributed by atoms with van der Waals surface area (Å²) in [5, 5.41) is 3.07. The highest BCUT2D eigenvalue weighted by Gasteiger charge is 2.20. The normalized spacial score (nSPS) is 13.2. The molecular weight excluding hydrogens is 280 g/mol. The van der Waals surface area contributed by atoms with Gasteiger partial charge in [-0.25, -0.2) is 4.98 Å². The third kappa shape index (κ3) is 4.05. The lowest BCUT2D eigenvalue weighted by Gasteiger charge is -2.15. The van der Waals surface area contributed by atoms with Gasteiger partial charge in [-0.3, -0.25) is 0 Å². The van der Waals surface area contributed by atoms with Crippen molar-refractivity contribution in [3.8, 4) is 5.75 Å². The summed E-state index contributed by atoms with van der Waals surface area (Å²) in [6.45, 7) is 9.33. The Bertz CT molecular complexity index is 569. The van der Waals surface area contributed by atoms with Gasteiger partial charge in [0.05, 0.1) is 18.3 Å². The van der Waals surface area contributed by atoms with Crippen LogP contribution in [0.1, 0.15) is 56.4 Å². The number of nitrogens with zero attached hydrogens (tertiary/aromatic N) is 1. The monoisotopic (exact) mass is 304 g/mol. The van der Waals surface area contributed by atoms with E-state index in [2.05, 4.69) is 33.1 Å². The van der Waals surface area contributed by atoms with Gasteiger partial charge in [0.15, 0.2) is 0 Å². The number of hydrogen-bond donors (Lipinski definition) is 1. The third-order valence-electron chi connectivity index (χ3n) is 3.27. The van der Waals surface area contributed by atoms with Gasteiger partial charge < -0.3 is 10.5 Å². The molecule has 0 aliphatic carbocycles. The van der Waals surface area contributed by atoms with Gasteiger partial charge >= 0.3 is 0 Å². The standard InChI is InChI=1S/C17H24N2OS/c1-5-10-20-13-8-6-12(7-9-13)15(18)16-19-14(11-21-16)17(2,3)4/h6-9,11,15H,5,10,18H2,1-4H3. The van der Waals surface area contributed by atoms with Crippen LogP contribution in [0.2, 0.25) is 0 Å². The lowest BCUT2D eigenvalue weighted by atomic mass is 9.93. The molecule has 3 nitrogen and oxygen atoms in total. The molecule has 0 saturated heterocycles. The average molecular weight is 304 g/mol. The Kier molecular flexibility index (Phi) is 5.01. The van der Waals surface area contributed by atoms with Gasteiger partial charge in [0, 0.05) is 10.8 Å². The molecule has 0 aliphatic heterocycles. The van der Waals surface area contributed by atoms with Crippen LogP contribution < -0.4 is 10.5 Å². The van der Waals surface area contributed by atoms with E-state index >= 15 is 0 Å². The minimum atomic E-state index is -0.175. The molecule has 0 aliphatic rings. The predicted molar refractivity (Wildman–Crippen MR) is 89.1 cm³/mol. The minimum absolute atomic E-state index is 0.0618. The van der Waals surface area contributed by atoms with Gasteiger partial charge in [-0.1, -0.05) is 39.8 Å². The molecule has 4 heteroatoms. The van der Waals surface area contributed by atoms with E-state index in [1.165, 1.54) is 0 Å². The Labute approximate surface area is 131 Å². The van der Waals surface area contributed by atoms with Crippen LogP contribution in [0, 0.1) is 0 Å². The first-order valence-electron chi connectivity index (χ1n) is 7.36. The summed E-state index contributed by atoms with van der Waals surface area (Å²) in [5.41, 5.74) is 8.55. The second-order valence-electron chi connectivity index (χ2n) is 6.22. The number of hydrogen-bond acceptors (Lipinski definition) is 4. The van der Waals surface area contributed by atoms with Crippen LogP contribution in [-0.4, -0.2) is 11.6 Å². The van der Waals surface area contributed by atoms with Crippen molar-refractivity contribution < 1.29 is 4.74 Å². The van der Waals surface area contributed by atoms with Gasteiger partial charge in [-0.15, -0.1) is 11.3 Å². The summed E-state index contributed by atoms with van der Waals surface area (Å²) >= 11 is 1.63. The second-order valence-corrected chi connectivity index (χ2v) is 7.11. The fraction of sp³-hybridized carbons (Fsp3) is 0.471. The van der Waals surface area contributed by atoms with Crippen LogP contribution in [0.4, 0.5) is 0 Å². The molecular formula is C17H24N2OS. The lowest BCUT2D eigenvalue weighted by molar-refractivity contribution is 0.317. The number of benzene rings is 1. The Hall–Kier alpha value is -1.39. The predicted octanol–water partition coefficient (Wildman–Crippen LogP) is 4.28. The van der Waals surface area contributed by atoms with Crippen LogP contribution in [-0.2, 0) is 5.41 Å². The number of rotatable bonds is 5. The molecule has 2 rings (SSSR count). The summed E-state index contributed by atoms with van der Waals surface area (Å²) in [4.78, 5) is 4.69. The molecule has 2 N–H and O–H groups in total. The lowest BCUT2D eigenvalue weighted by Crippen LogP contribution is -2.15. The third-order valence-corrected chi connectivity index (χ3v) is 4.20. The molecule has 1 aromatic heterocycles. The minimum Gasteiger partial charge on any atom is -0.494 e. The van der Waals surface area contributed by atoms with Crippen molar-refractivity contribution in [2.75, 3.05) is 6.61 Å². The van der Waals surface area contributed by atoms with Crippen LogP contribution in [0.25, 0.3) is 0 Å². The highest BCUT2D eigenvalue weighted by Crippen LogP contribution is 2.29. The summed E-state index contributed by atoms with van der Waals surface area (Å²) in [7, 11) is 0. The Balaban J connectivity index is 2.12. The van der Waals surface area contributed by atoms with Crippen molar-refractivity contribution in [2.24, 2.45) is 5.73 Å². The van der Waals surface area contributed by atoms with Crippen molar-refractivity contribution in [3.63, 3.8) is 0 Å². The Morgan fingerprint density at radius 2 is 1.90 bits per heavy atom. The molecule has 0 amide bonds. The summed E-state index contributed by atoms with van der Waals surface area (Å²) in [5.74, 6) is 0.891. The maximum atomic E-state index is 6.33. The Morgan fingerprint density at radius 3 is 2.43 bits per heavy atom. The fourth-order valence-electron chi connectivity index (χ4n) is 1.91. The second kappa shape index (κ2) is 6.58. The quantitative estimate of drug-likeness (QED) is 0.897. The topological polar surface area (TPSA) is 48.1 Å². The number of aromatic nitrogens is 1. The summed E-state index contributed by atoms with van der Waals surface area (Å²) in [6, 6.07) is 7.82. The van der Waals surface area contributed by atoms with Crippen LogP contribution in [0.3, 0.4) is 0 Å². The average Bonchev–Trinajstić information content (AvgIpc) is 2.95. The van der Waals surface area contributed by atoms with E-state index < -0.39 is 0 Å². The number of nitrogens with two attached hydrogens (primary N) is 1. The number of thiazole rings is 1. The molecule has 2 aromatic rings. The molecule has 0 bridgehead atoms. The molecule has 0 spiro atoms. The molecule has 1 heterocycles. The van der Waals surface area contributed by atoms with Crippen molar-refractivity contribution in [1.29, 1.82) is 0 Å². The van der Waals surface area contributed by atoms with Crippen LogP contribution in [0.15, 0.2) is 29.6 Å². The highest BCUT2D eigenvalue weighted by atomic mass is 32.1. The van der Waals surface area contributed by atoms with Crippen LogP contribution in [0.5, 0.6) is 5.75 Å². The van der Waals surface area contributed by atoms with Crippen LogP contribution >= 0.6 is 11.3 Å².